The van der Waals surface area contributed by atoms with Gasteiger partial charge in [0.15, 0.2) is 0 Å². The first-order chi connectivity index (χ1) is 9.54. The Morgan fingerprint density at radius 1 is 1.15 bits per heavy atom. The molecule has 1 atom stereocenters. The summed E-state index contributed by atoms with van der Waals surface area (Å²) in [5.41, 5.74) is 0.894. The first kappa shape index (κ1) is 17.8. The summed E-state index contributed by atoms with van der Waals surface area (Å²) in [5, 5.41) is 4.77. The largest absolute Gasteiger partial charge is 0.376 e. The number of rotatable bonds is 8. The minimum absolute atomic E-state index is 0.109. The van der Waals surface area contributed by atoms with Crippen LogP contribution in [0.1, 0.15) is 51.6 Å². The molecular weight excluding hydrogens is 293 g/mol. The van der Waals surface area contributed by atoms with Crippen molar-refractivity contribution in [1.82, 2.24) is 5.32 Å². The van der Waals surface area contributed by atoms with Crippen molar-refractivity contribution >= 4 is 23.2 Å². The van der Waals surface area contributed by atoms with Crippen LogP contribution in [0.3, 0.4) is 0 Å². The quantitative estimate of drug-likeness (QED) is 0.708. The van der Waals surface area contributed by atoms with Gasteiger partial charge in [0.1, 0.15) is 0 Å². The second-order valence-corrected chi connectivity index (χ2v) is 5.85. The van der Waals surface area contributed by atoms with Crippen LogP contribution >= 0.6 is 23.2 Å². The van der Waals surface area contributed by atoms with Crippen LogP contribution in [0, 0.1) is 0 Å². The van der Waals surface area contributed by atoms with Crippen molar-refractivity contribution in [2.75, 3.05) is 13.7 Å². The molecule has 0 aliphatic rings. The molecule has 20 heavy (non-hydrogen) atoms. The Kier molecular flexibility index (Phi) is 7.32. The van der Waals surface area contributed by atoms with Gasteiger partial charge in [-0.25, -0.2) is 0 Å². The fourth-order valence-electron chi connectivity index (χ4n) is 2.65. The lowest BCUT2D eigenvalue weighted by Crippen LogP contribution is -2.45. The highest BCUT2D eigenvalue weighted by molar-refractivity contribution is 6.42. The van der Waals surface area contributed by atoms with E-state index in [-0.39, 0.29) is 11.6 Å². The summed E-state index contributed by atoms with van der Waals surface area (Å²) < 4.78 is 5.88. The highest BCUT2D eigenvalue weighted by Crippen LogP contribution is 2.37. The molecule has 1 unspecified atom stereocenters. The van der Waals surface area contributed by atoms with E-state index >= 15 is 0 Å². The van der Waals surface area contributed by atoms with Gasteiger partial charge in [-0.05, 0) is 43.5 Å². The van der Waals surface area contributed by atoms with Gasteiger partial charge in [0.05, 0.1) is 21.7 Å². The number of hydrogen-bond acceptors (Lipinski definition) is 2. The first-order valence-corrected chi connectivity index (χ1v) is 8.03. The second kappa shape index (κ2) is 8.23. The molecule has 1 rings (SSSR count). The first-order valence-electron chi connectivity index (χ1n) is 7.28. The molecule has 0 spiro atoms. The number of hydrogen-bond donors (Lipinski definition) is 1. The van der Waals surface area contributed by atoms with Crippen LogP contribution in [-0.4, -0.2) is 19.3 Å². The van der Waals surface area contributed by atoms with Gasteiger partial charge in [-0.3, -0.25) is 0 Å². The fraction of sp³-hybridized carbons (Fsp3) is 0.625. The molecule has 1 aromatic rings. The summed E-state index contributed by atoms with van der Waals surface area (Å²) in [6.45, 7) is 7.41. The molecule has 0 aliphatic carbocycles. The highest BCUT2D eigenvalue weighted by atomic mass is 35.5. The maximum Gasteiger partial charge on any atom is 0.0867 e. The molecule has 0 aromatic heterocycles. The lowest BCUT2D eigenvalue weighted by Gasteiger charge is -2.39. The SMILES string of the molecule is CCCNC(c1ccc(Cl)c(Cl)c1)C(CC)(CC)OC. The van der Waals surface area contributed by atoms with Crippen LogP contribution in [0.4, 0.5) is 0 Å². The van der Waals surface area contributed by atoms with E-state index < -0.39 is 0 Å². The third kappa shape index (κ3) is 3.88. The van der Waals surface area contributed by atoms with Crippen molar-refractivity contribution < 1.29 is 4.74 Å². The zero-order chi connectivity index (χ0) is 15.2. The molecule has 2 nitrogen and oxygen atoms in total. The van der Waals surface area contributed by atoms with Gasteiger partial charge in [-0.15, -0.1) is 0 Å². The minimum Gasteiger partial charge on any atom is -0.376 e. The van der Waals surface area contributed by atoms with E-state index in [0.717, 1.165) is 31.4 Å². The Labute approximate surface area is 132 Å². The molecule has 0 radical (unpaired) electrons. The molecule has 0 amide bonds. The predicted octanol–water partition coefficient (Wildman–Crippen LogP) is 5.24. The number of methoxy groups -OCH3 is 1. The summed E-state index contributed by atoms with van der Waals surface area (Å²) in [6.07, 6.45) is 2.94. The van der Waals surface area contributed by atoms with E-state index in [1.54, 1.807) is 7.11 Å². The molecule has 0 fully saturated rings. The number of benzene rings is 1. The molecule has 0 bridgehead atoms. The standard InChI is InChI=1S/C16H25Cl2NO/c1-5-10-19-15(16(6-2,7-3)20-4)12-8-9-13(17)14(18)11-12/h8-9,11,15,19H,5-7,10H2,1-4H3. The maximum atomic E-state index is 6.17. The molecule has 0 saturated heterocycles. The van der Waals surface area contributed by atoms with Gasteiger partial charge < -0.3 is 10.1 Å². The van der Waals surface area contributed by atoms with Crippen molar-refractivity contribution in [3.05, 3.63) is 33.8 Å². The van der Waals surface area contributed by atoms with Crippen molar-refractivity contribution in [2.24, 2.45) is 0 Å². The molecule has 0 heterocycles. The van der Waals surface area contributed by atoms with Crippen LogP contribution < -0.4 is 5.32 Å². The summed E-state index contributed by atoms with van der Waals surface area (Å²) in [4.78, 5) is 0. The minimum atomic E-state index is -0.230. The molecule has 4 heteroatoms. The maximum absolute atomic E-state index is 6.17. The van der Waals surface area contributed by atoms with Gasteiger partial charge in [-0.1, -0.05) is 50.0 Å². The van der Waals surface area contributed by atoms with Crippen molar-refractivity contribution in [3.63, 3.8) is 0 Å². The number of halogens is 2. The Morgan fingerprint density at radius 2 is 1.80 bits per heavy atom. The predicted molar refractivity (Wildman–Crippen MR) is 87.8 cm³/mol. The third-order valence-electron chi connectivity index (χ3n) is 4.01. The van der Waals surface area contributed by atoms with Crippen LogP contribution in [0.15, 0.2) is 18.2 Å². The average Bonchev–Trinajstić information content (AvgIpc) is 2.47. The van der Waals surface area contributed by atoms with Gasteiger partial charge in [0.25, 0.3) is 0 Å². The van der Waals surface area contributed by atoms with E-state index in [2.05, 4.69) is 26.1 Å². The fourth-order valence-corrected chi connectivity index (χ4v) is 2.96. The summed E-state index contributed by atoms with van der Waals surface area (Å²) in [7, 11) is 1.78. The van der Waals surface area contributed by atoms with Crippen molar-refractivity contribution in [1.29, 1.82) is 0 Å². The summed E-state index contributed by atoms with van der Waals surface area (Å²) in [6, 6.07) is 5.93. The highest BCUT2D eigenvalue weighted by Gasteiger charge is 2.36. The van der Waals surface area contributed by atoms with Gasteiger partial charge in [0, 0.05) is 7.11 Å². The molecule has 1 N–H and O–H groups in total. The normalized spacial score (nSPS) is 13.5. The van der Waals surface area contributed by atoms with Crippen molar-refractivity contribution in [3.8, 4) is 0 Å². The van der Waals surface area contributed by atoms with E-state index in [1.165, 1.54) is 0 Å². The van der Waals surface area contributed by atoms with Crippen LogP contribution in [-0.2, 0) is 4.74 Å². The van der Waals surface area contributed by atoms with Crippen molar-refractivity contribution in [2.45, 2.75) is 51.7 Å². The Morgan fingerprint density at radius 3 is 2.25 bits per heavy atom. The average molecular weight is 318 g/mol. The van der Waals surface area contributed by atoms with E-state index in [0.29, 0.717) is 10.0 Å². The van der Waals surface area contributed by atoms with Crippen LogP contribution in [0.25, 0.3) is 0 Å². The number of ether oxygens (including phenoxy) is 1. The Bertz CT molecular complexity index is 411. The zero-order valence-corrected chi connectivity index (χ0v) is 14.3. The summed E-state index contributed by atoms with van der Waals surface area (Å²) in [5.74, 6) is 0. The molecule has 0 saturated carbocycles. The molecular formula is C16H25Cl2NO. The summed E-state index contributed by atoms with van der Waals surface area (Å²) >= 11 is 12.2. The Hall–Kier alpha value is -0.280. The number of nitrogens with one attached hydrogen (secondary N) is 1. The van der Waals surface area contributed by atoms with Crippen LogP contribution in [0.5, 0.6) is 0 Å². The van der Waals surface area contributed by atoms with Gasteiger partial charge in [-0.2, -0.15) is 0 Å². The topological polar surface area (TPSA) is 21.3 Å². The lowest BCUT2D eigenvalue weighted by molar-refractivity contribution is -0.0485. The van der Waals surface area contributed by atoms with Crippen LogP contribution in [0.2, 0.25) is 10.0 Å². The van der Waals surface area contributed by atoms with E-state index in [9.17, 15) is 0 Å². The van der Waals surface area contributed by atoms with E-state index in [1.807, 2.05) is 18.2 Å². The smallest absolute Gasteiger partial charge is 0.0867 e. The van der Waals surface area contributed by atoms with Gasteiger partial charge in [0.2, 0.25) is 0 Å². The second-order valence-electron chi connectivity index (χ2n) is 5.04. The monoisotopic (exact) mass is 317 g/mol. The molecule has 114 valence electrons. The van der Waals surface area contributed by atoms with Gasteiger partial charge >= 0.3 is 0 Å². The lowest BCUT2D eigenvalue weighted by atomic mass is 9.83. The molecule has 1 aromatic carbocycles. The zero-order valence-electron chi connectivity index (χ0n) is 12.8. The Balaban J connectivity index is 3.19. The van der Waals surface area contributed by atoms with E-state index in [4.69, 9.17) is 27.9 Å². The third-order valence-corrected chi connectivity index (χ3v) is 4.74. The molecule has 0 aliphatic heterocycles.